The first kappa shape index (κ1) is 15.7. The highest BCUT2D eigenvalue weighted by Gasteiger charge is 2.20. The third-order valence-electron chi connectivity index (χ3n) is 3.19. The van der Waals surface area contributed by atoms with E-state index in [-0.39, 0.29) is 24.6 Å². The molecule has 5 heteroatoms. The molecule has 0 bridgehead atoms. The highest BCUT2D eigenvalue weighted by molar-refractivity contribution is 6.36. The molecule has 0 aliphatic carbocycles. The van der Waals surface area contributed by atoms with E-state index in [0.29, 0.717) is 16.6 Å². The summed E-state index contributed by atoms with van der Waals surface area (Å²) >= 11 is 12.3. The van der Waals surface area contributed by atoms with Crippen LogP contribution in [0, 0.1) is 5.92 Å². The zero-order valence-corrected chi connectivity index (χ0v) is 12.2. The molecule has 3 unspecified atom stereocenters. The van der Waals surface area contributed by atoms with Crippen molar-refractivity contribution < 1.29 is 5.11 Å². The number of aliphatic hydroxyl groups is 1. The van der Waals surface area contributed by atoms with E-state index in [0.717, 1.165) is 5.56 Å². The maximum Gasteiger partial charge on any atom is 0.0476 e. The van der Waals surface area contributed by atoms with Crippen LogP contribution >= 0.6 is 23.2 Å². The van der Waals surface area contributed by atoms with Crippen molar-refractivity contribution in [3.05, 3.63) is 33.8 Å². The smallest absolute Gasteiger partial charge is 0.0476 e. The summed E-state index contributed by atoms with van der Waals surface area (Å²) in [5.41, 5.74) is 6.61. The highest BCUT2D eigenvalue weighted by atomic mass is 35.5. The van der Waals surface area contributed by atoms with E-state index in [1.807, 2.05) is 19.9 Å². The Morgan fingerprint density at radius 3 is 2.28 bits per heavy atom. The lowest BCUT2D eigenvalue weighted by Crippen LogP contribution is -2.39. The van der Waals surface area contributed by atoms with Gasteiger partial charge in [0.1, 0.15) is 0 Å². The van der Waals surface area contributed by atoms with E-state index < -0.39 is 0 Å². The monoisotopic (exact) mass is 290 g/mol. The molecular weight excluding hydrogens is 271 g/mol. The highest BCUT2D eigenvalue weighted by Crippen LogP contribution is 2.30. The number of halogens is 2. The molecule has 0 aliphatic rings. The normalized spacial score (nSPS) is 16.3. The van der Waals surface area contributed by atoms with Crippen LogP contribution < -0.4 is 11.1 Å². The van der Waals surface area contributed by atoms with Crippen LogP contribution in [0.2, 0.25) is 10.0 Å². The van der Waals surface area contributed by atoms with Gasteiger partial charge in [0.2, 0.25) is 0 Å². The topological polar surface area (TPSA) is 58.3 Å². The van der Waals surface area contributed by atoms with Crippen molar-refractivity contribution in [3.8, 4) is 0 Å². The molecule has 0 aliphatic heterocycles. The van der Waals surface area contributed by atoms with E-state index in [1.54, 1.807) is 12.1 Å². The summed E-state index contributed by atoms with van der Waals surface area (Å²) in [5.74, 6) is 0.139. The summed E-state index contributed by atoms with van der Waals surface area (Å²) in [6.07, 6.45) is 0. The standard InChI is InChI=1S/C13H20Cl2N2O/c1-8(7-18)9(2)17-12(6-16)13-10(14)4-3-5-11(13)15/h3-5,8-9,12,17-18H,6-7,16H2,1-2H3. The Balaban J connectivity index is 2.90. The predicted octanol–water partition coefficient (Wildman–Crippen LogP) is 2.60. The fourth-order valence-electron chi connectivity index (χ4n) is 1.75. The van der Waals surface area contributed by atoms with Crippen LogP contribution in [0.5, 0.6) is 0 Å². The quantitative estimate of drug-likeness (QED) is 0.755. The maximum atomic E-state index is 9.15. The molecule has 1 aromatic rings. The molecule has 0 spiro atoms. The molecule has 0 fully saturated rings. The summed E-state index contributed by atoms with van der Waals surface area (Å²) in [7, 11) is 0. The van der Waals surface area contributed by atoms with Crippen LogP contribution in [0.4, 0.5) is 0 Å². The molecule has 0 aromatic heterocycles. The molecular formula is C13H20Cl2N2O. The van der Waals surface area contributed by atoms with Crippen molar-refractivity contribution >= 4 is 23.2 Å². The minimum atomic E-state index is -0.116. The van der Waals surface area contributed by atoms with Gasteiger partial charge in [-0.3, -0.25) is 0 Å². The molecule has 18 heavy (non-hydrogen) atoms. The maximum absolute atomic E-state index is 9.15. The average molecular weight is 291 g/mol. The van der Waals surface area contributed by atoms with Crippen LogP contribution in [0.15, 0.2) is 18.2 Å². The second-order valence-electron chi connectivity index (χ2n) is 4.54. The molecule has 0 radical (unpaired) electrons. The van der Waals surface area contributed by atoms with Crippen LogP contribution in [0.3, 0.4) is 0 Å². The van der Waals surface area contributed by atoms with E-state index in [1.165, 1.54) is 0 Å². The molecule has 0 saturated heterocycles. The summed E-state index contributed by atoms with van der Waals surface area (Å²) in [6, 6.07) is 5.41. The number of aliphatic hydroxyl groups excluding tert-OH is 1. The molecule has 1 rings (SSSR count). The summed E-state index contributed by atoms with van der Waals surface area (Å²) in [4.78, 5) is 0. The van der Waals surface area contributed by atoms with Gasteiger partial charge >= 0.3 is 0 Å². The van der Waals surface area contributed by atoms with Crippen LogP contribution in [-0.2, 0) is 0 Å². The van der Waals surface area contributed by atoms with Gasteiger partial charge in [-0.1, -0.05) is 36.2 Å². The van der Waals surface area contributed by atoms with Crippen molar-refractivity contribution in [1.82, 2.24) is 5.32 Å². The number of hydrogen-bond acceptors (Lipinski definition) is 3. The Morgan fingerprint density at radius 2 is 1.83 bits per heavy atom. The fourth-order valence-corrected chi connectivity index (χ4v) is 2.41. The number of benzene rings is 1. The lowest BCUT2D eigenvalue weighted by atomic mass is 10.0. The SMILES string of the molecule is CC(CO)C(C)NC(CN)c1c(Cl)cccc1Cl. The van der Waals surface area contributed by atoms with Crippen molar-refractivity contribution in [2.45, 2.75) is 25.9 Å². The van der Waals surface area contributed by atoms with Gasteiger partial charge in [-0.2, -0.15) is 0 Å². The Hall–Kier alpha value is -0.320. The van der Waals surface area contributed by atoms with E-state index >= 15 is 0 Å². The second-order valence-corrected chi connectivity index (χ2v) is 5.35. The molecule has 0 saturated carbocycles. The molecule has 1 aromatic carbocycles. The largest absolute Gasteiger partial charge is 0.396 e. The zero-order chi connectivity index (χ0) is 13.7. The second kappa shape index (κ2) is 7.31. The van der Waals surface area contributed by atoms with E-state index in [9.17, 15) is 0 Å². The minimum Gasteiger partial charge on any atom is -0.396 e. The molecule has 0 heterocycles. The lowest BCUT2D eigenvalue weighted by Gasteiger charge is -2.27. The minimum absolute atomic E-state index is 0.116. The third-order valence-corrected chi connectivity index (χ3v) is 3.85. The Bertz CT molecular complexity index is 367. The van der Waals surface area contributed by atoms with Crippen molar-refractivity contribution in [3.63, 3.8) is 0 Å². The van der Waals surface area contributed by atoms with Gasteiger partial charge in [-0.05, 0) is 25.0 Å². The first-order chi connectivity index (χ1) is 8.51. The van der Waals surface area contributed by atoms with Crippen molar-refractivity contribution in [2.75, 3.05) is 13.2 Å². The number of nitrogens with two attached hydrogens (primary N) is 1. The fraction of sp³-hybridized carbons (Fsp3) is 0.538. The first-order valence-electron chi connectivity index (χ1n) is 6.02. The van der Waals surface area contributed by atoms with Gasteiger partial charge < -0.3 is 16.2 Å². The molecule has 3 nitrogen and oxygen atoms in total. The van der Waals surface area contributed by atoms with Gasteiger partial charge in [0.25, 0.3) is 0 Å². The van der Waals surface area contributed by atoms with Crippen molar-refractivity contribution in [1.29, 1.82) is 0 Å². The van der Waals surface area contributed by atoms with Gasteiger partial charge in [-0.15, -0.1) is 0 Å². The molecule has 102 valence electrons. The summed E-state index contributed by atoms with van der Waals surface area (Å²) < 4.78 is 0. The van der Waals surface area contributed by atoms with Gasteiger partial charge in [-0.25, -0.2) is 0 Å². The van der Waals surface area contributed by atoms with E-state index in [2.05, 4.69) is 5.32 Å². The van der Waals surface area contributed by atoms with Gasteiger partial charge in [0.15, 0.2) is 0 Å². The molecule has 3 atom stereocenters. The lowest BCUT2D eigenvalue weighted by molar-refractivity contribution is 0.201. The summed E-state index contributed by atoms with van der Waals surface area (Å²) in [6.45, 7) is 4.50. The molecule has 4 N–H and O–H groups in total. The average Bonchev–Trinajstić information content (AvgIpc) is 2.35. The van der Waals surface area contributed by atoms with Gasteiger partial charge in [0, 0.05) is 40.8 Å². The van der Waals surface area contributed by atoms with Crippen LogP contribution in [0.25, 0.3) is 0 Å². The summed E-state index contributed by atoms with van der Waals surface area (Å²) in [5, 5.41) is 13.7. The number of rotatable bonds is 6. The first-order valence-corrected chi connectivity index (χ1v) is 6.77. The van der Waals surface area contributed by atoms with Crippen LogP contribution in [-0.4, -0.2) is 24.3 Å². The zero-order valence-electron chi connectivity index (χ0n) is 10.7. The third kappa shape index (κ3) is 3.84. The van der Waals surface area contributed by atoms with Crippen LogP contribution in [0.1, 0.15) is 25.5 Å². The Morgan fingerprint density at radius 1 is 1.28 bits per heavy atom. The molecule has 0 amide bonds. The van der Waals surface area contributed by atoms with Crippen molar-refractivity contribution in [2.24, 2.45) is 11.7 Å². The number of hydrogen-bond donors (Lipinski definition) is 3. The Kier molecular flexibility index (Phi) is 6.39. The van der Waals surface area contributed by atoms with Gasteiger partial charge in [0.05, 0.1) is 0 Å². The Labute approximate surface area is 118 Å². The number of nitrogens with one attached hydrogen (secondary N) is 1. The predicted molar refractivity (Wildman–Crippen MR) is 77.1 cm³/mol. The van der Waals surface area contributed by atoms with E-state index in [4.69, 9.17) is 34.0 Å².